The van der Waals surface area contributed by atoms with E-state index >= 15 is 0 Å². The van der Waals surface area contributed by atoms with Gasteiger partial charge in [-0.25, -0.2) is 0 Å². The SMILES string of the molecule is CN(C)C(=O)c1ccc(N)cc1N(C)Cc1cc(Br)cs1. The topological polar surface area (TPSA) is 49.6 Å². The molecule has 0 unspecified atom stereocenters. The van der Waals surface area contributed by atoms with E-state index in [1.807, 2.05) is 18.0 Å². The Morgan fingerprint density at radius 1 is 1.29 bits per heavy atom. The van der Waals surface area contributed by atoms with Crippen LogP contribution in [0.15, 0.2) is 34.1 Å². The fraction of sp³-hybridized carbons (Fsp3) is 0.267. The van der Waals surface area contributed by atoms with E-state index in [0.717, 1.165) is 16.7 Å². The van der Waals surface area contributed by atoms with Crippen molar-refractivity contribution in [1.82, 2.24) is 4.90 Å². The molecule has 2 rings (SSSR count). The Bertz CT molecular complexity index is 654. The molecule has 0 spiro atoms. The van der Waals surface area contributed by atoms with Crippen molar-refractivity contribution in [3.05, 3.63) is 44.6 Å². The number of carbonyl (C=O) groups is 1. The summed E-state index contributed by atoms with van der Waals surface area (Å²) in [5.41, 5.74) is 8.04. The Morgan fingerprint density at radius 3 is 2.57 bits per heavy atom. The molecule has 1 amide bonds. The van der Waals surface area contributed by atoms with E-state index in [9.17, 15) is 4.79 Å². The van der Waals surface area contributed by atoms with E-state index in [-0.39, 0.29) is 5.91 Å². The van der Waals surface area contributed by atoms with E-state index in [1.165, 1.54) is 4.88 Å². The van der Waals surface area contributed by atoms with Gasteiger partial charge in [0, 0.05) is 41.6 Å². The summed E-state index contributed by atoms with van der Waals surface area (Å²) in [6.45, 7) is 0.730. The van der Waals surface area contributed by atoms with Crippen LogP contribution in [0, 0.1) is 0 Å². The third kappa shape index (κ3) is 3.77. The van der Waals surface area contributed by atoms with Gasteiger partial charge in [-0.15, -0.1) is 11.3 Å². The first kappa shape index (κ1) is 15.9. The molecule has 1 heterocycles. The number of amides is 1. The van der Waals surface area contributed by atoms with Crippen molar-refractivity contribution in [2.24, 2.45) is 0 Å². The van der Waals surface area contributed by atoms with Crippen LogP contribution in [0.4, 0.5) is 11.4 Å². The Balaban J connectivity index is 2.32. The van der Waals surface area contributed by atoms with Gasteiger partial charge in [-0.05, 0) is 40.2 Å². The normalized spacial score (nSPS) is 10.5. The molecule has 2 aromatic rings. The number of hydrogen-bond acceptors (Lipinski definition) is 4. The van der Waals surface area contributed by atoms with Crippen LogP contribution in [-0.4, -0.2) is 32.0 Å². The molecule has 1 aromatic heterocycles. The first-order chi connectivity index (χ1) is 9.88. The Labute approximate surface area is 137 Å². The van der Waals surface area contributed by atoms with Crippen molar-refractivity contribution < 1.29 is 4.79 Å². The molecule has 112 valence electrons. The standard InChI is InChI=1S/C15H18BrN3OS/c1-18(2)15(20)13-5-4-11(17)7-14(13)19(3)8-12-6-10(16)9-21-12/h4-7,9H,8,17H2,1-3H3. The zero-order chi connectivity index (χ0) is 15.6. The first-order valence-corrected chi connectivity index (χ1v) is 8.11. The second-order valence-electron chi connectivity index (χ2n) is 5.06. The molecule has 0 radical (unpaired) electrons. The lowest BCUT2D eigenvalue weighted by atomic mass is 10.1. The van der Waals surface area contributed by atoms with Gasteiger partial charge in [-0.1, -0.05) is 0 Å². The second-order valence-corrected chi connectivity index (χ2v) is 6.97. The van der Waals surface area contributed by atoms with E-state index < -0.39 is 0 Å². The van der Waals surface area contributed by atoms with Gasteiger partial charge < -0.3 is 15.5 Å². The fourth-order valence-corrected chi connectivity index (χ4v) is 3.55. The largest absolute Gasteiger partial charge is 0.399 e. The lowest BCUT2D eigenvalue weighted by Gasteiger charge is -2.23. The second kappa shape index (κ2) is 6.49. The molecular formula is C15H18BrN3OS. The predicted octanol–water partition coefficient (Wildman–Crippen LogP) is 3.43. The predicted molar refractivity (Wildman–Crippen MR) is 93.0 cm³/mol. The quantitative estimate of drug-likeness (QED) is 0.842. The van der Waals surface area contributed by atoms with E-state index in [2.05, 4.69) is 27.4 Å². The maximum absolute atomic E-state index is 12.3. The van der Waals surface area contributed by atoms with Crippen molar-refractivity contribution in [3.63, 3.8) is 0 Å². The minimum absolute atomic E-state index is 0.0239. The van der Waals surface area contributed by atoms with Crippen molar-refractivity contribution in [3.8, 4) is 0 Å². The molecule has 0 atom stereocenters. The molecule has 21 heavy (non-hydrogen) atoms. The van der Waals surface area contributed by atoms with Gasteiger partial charge in [0.15, 0.2) is 0 Å². The average molecular weight is 368 g/mol. The van der Waals surface area contributed by atoms with Crippen LogP contribution in [0.3, 0.4) is 0 Å². The summed E-state index contributed by atoms with van der Waals surface area (Å²) < 4.78 is 1.08. The van der Waals surface area contributed by atoms with Crippen molar-refractivity contribution in [2.45, 2.75) is 6.54 Å². The maximum atomic E-state index is 12.3. The van der Waals surface area contributed by atoms with Crippen LogP contribution in [0.25, 0.3) is 0 Å². The number of hydrogen-bond donors (Lipinski definition) is 1. The number of nitrogen functional groups attached to an aromatic ring is 1. The zero-order valence-electron chi connectivity index (χ0n) is 12.3. The minimum atomic E-state index is -0.0239. The molecule has 0 aliphatic carbocycles. The van der Waals surface area contributed by atoms with Gasteiger partial charge in [-0.3, -0.25) is 4.79 Å². The highest BCUT2D eigenvalue weighted by Gasteiger charge is 2.17. The number of nitrogens with two attached hydrogens (primary N) is 1. The molecule has 2 N–H and O–H groups in total. The number of nitrogens with zero attached hydrogens (tertiary/aromatic N) is 2. The molecule has 4 nitrogen and oxygen atoms in total. The van der Waals surface area contributed by atoms with Crippen LogP contribution >= 0.6 is 27.3 Å². The highest BCUT2D eigenvalue weighted by atomic mass is 79.9. The highest BCUT2D eigenvalue weighted by molar-refractivity contribution is 9.10. The van der Waals surface area contributed by atoms with Gasteiger partial charge in [0.25, 0.3) is 5.91 Å². The number of carbonyl (C=O) groups excluding carboxylic acids is 1. The highest BCUT2D eigenvalue weighted by Crippen LogP contribution is 2.27. The number of thiophene rings is 1. The number of benzene rings is 1. The Hall–Kier alpha value is -1.53. The van der Waals surface area contributed by atoms with E-state index in [1.54, 1.807) is 42.5 Å². The maximum Gasteiger partial charge on any atom is 0.255 e. The molecule has 1 aromatic carbocycles. The molecule has 6 heteroatoms. The van der Waals surface area contributed by atoms with Crippen LogP contribution in [0.2, 0.25) is 0 Å². The third-order valence-electron chi connectivity index (χ3n) is 3.08. The van der Waals surface area contributed by atoms with Crippen LogP contribution < -0.4 is 10.6 Å². The molecule has 0 saturated heterocycles. The Kier molecular flexibility index (Phi) is 4.90. The van der Waals surface area contributed by atoms with Gasteiger partial charge in [-0.2, -0.15) is 0 Å². The summed E-state index contributed by atoms with van der Waals surface area (Å²) in [4.78, 5) is 17.1. The fourth-order valence-electron chi connectivity index (χ4n) is 2.04. The average Bonchev–Trinajstić information content (AvgIpc) is 2.83. The summed E-state index contributed by atoms with van der Waals surface area (Å²) in [7, 11) is 5.46. The van der Waals surface area contributed by atoms with Gasteiger partial charge in [0.2, 0.25) is 0 Å². The summed E-state index contributed by atoms with van der Waals surface area (Å²) in [5, 5.41) is 2.05. The molecule has 0 aliphatic rings. The lowest BCUT2D eigenvalue weighted by molar-refractivity contribution is 0.0828. The Morgan fingerprint density at radius 2 is 2.00 bits per heavy atom. The van der Waals surface area contributed by atoms with Gasteiger partial charge in [0.05, 0.1) is 17.8 Å². The van der Waals surface area contributed by atoms with Crippen LogP contribution in [0.5, 0.6) is 0 Å². The number of anilines is 2. The number of halogens is 1. The van der Waals surface area contributed by atoms with E-state index in [4.69, 9.17) is 5.73 Å². The smallest absolute Gasteiger partial charge is 0.255 e. The van der Waals surface area contributed by atoms with Gasteiger partial charge in [0.1, 0.15) is 0 Å². The van der Waals surface area contributed by atoms with Crippen LogP contribution in [-0.2, 0) is 6.54 Å². The summed E-state index contributed by atoms with van der Waals surface area (Å²) in [5.74, 6) is -0.0239. The molecule has 0 saturated carbocycles. The van der Waals surface area contributed by atoms with E-state index in [0.29, 0.717) is 11.3 Å². The van der Waals surface area contributed by atoms with Crippen molar-refractivity contribution >= 4 is 44.5 Å². The molecule has 0 fully saturated rings. The first-order valence-electron chi connectivity index (χ1n) is 6.43. The summed E-state index contributed by atoms with van der Waals surface area (Å²) >= 11 is 5.14. The molecular weight excluding hydrogens is 350 g/mol. The lowest BCUT2D eigenvalue weighted by Crippen LogP contribution is -2.26. The van der Waals surface area contributed by atoms with Crippen molar-refractivity contribution in [2.75, 3.05) is 31.8 Å². The molecule has 0 aliphatic heterocycles. The summed E-state index contributed by atoms with van der Waals surface area (Å²) in [6, 6.07) is 7.48. The number of rotatable bonds is 4. The van der Waals surface area contributed by atoms with Crippen molar-refractivity contribution in [1.29, 1.82) is 0 Å². The van der Waals surface area contributed by atoms with Crippen LogP contribution in [0.1, 0.15) is 15.2 Å². The zero-order valence-corrected chi connectivity index (χ0v) is 14.7. The summed E-state index contributed by atoms with van der Waals surface area (Å²) in [6.07, 6.45) is 0. The van der Waals surface area contributed by atoms with Gasteiger partial charge >= 0.3 is 0 Å². The monoisotopic (exact) mass is 367 g/mol. The minimum Gasteiger partial charge on any atom is -0.399 e. The molecule has 0 bridgehead atoms. The third-order valence-corrected chi connectivity index (χ3v) is 4.77.